The largest absolute Gasteiger partial charge is 0.482 e. The van der Waals surface area contributed by atoms with Crippen LogP contribution in [0.3, 0.4) is 0 Å². The van der Waals surface area contributed by atoms with Crippen LogP contribution in [0.5, 0.6) is 5.75 Å². The second kappa shape index (κ2) is 11.7. The zero-order valence-corrected chi connectivity index (χ0v) is 30.6. The van der Waals surface area contributed by atoms with Crippen molar-refractivity contribution >= 4 is 5.97 Å². The number of fused-ring (bicyclic) bond motifs is 7. The first-order valence-electron chi connectivity index (χ1n) is 18.7. The molecule has 0 amide bonds. The molecule has 5 saturated carbocycles. The normalized spacial score (nSPS) is 42.8. The van der Waals surface area contributed by atoms with Crippen LogP contribution in [0.2, 0.25) is 0 Å². The molecule has 6 rings (SSSR count). The highest BCUT2D eigenvalue weighted by atomic mass is 16.6. The Hall–Kier alpha value is -1.81. The van der Waals surface area contributed by atoms with Gasteiger partial charge >= 0.3 is 5.97 Å². The Bertz CT molecular complexity index is 1340. The number of aliphatic hydroxyl groups excluding tert-OH is 1. The fraction of sp³-hybridized carbons (Fsp3) is 0.786. The highest BCUT2D eigenvalue weighted by Crippen LogP contribution is 2.77. The standard InChI is InChI=1S/C42H64O4/c1-26(2)29-12-11-28(5)23-32(29)45-24-36(44)46-25-42-20-15-30(27(3)4)37(42)31-13-14-34-39(8)18-17-35(43)38(6,7)33(39)16-19-41(34,10)40(31,9)21-22-42/h11-12,23,26,30-31,33-35,37,43H,3,13-22,24-25H2,1-2,4-10H3/t30?,31?,33?,34?,35-,37?,39-,40+,41+,42+/m0/s1. The molecule has 0 aromatic heterocycles. The van der Waals surface area contributed by atoms with Gasteiger partial charge in [0.15, 0.2) is 6.61 Å². The van der Waals surface area contributed by atoms with Crippen LogP contribution in [0.1, 0.15) is 137 Å². The number of allylic oxidation sites excluding steroid dienone is 1. The maximum absolute atomic E-state index is 13.3. The Balaban J connectivity index is 1.23. The molecule has 0 bridgehead atoms. The zero-order chi connectivity index (χ0) is 33.4. The number of esters is 1. The zero-order valence-electron chi connectivity index (χ0n) is 30.6. The van der Waals surface area contributed by atoms with E-state index in [1.165, 1.54) is 37.7 Å². The maximum Gasteiger partial charge on any atom is 0.344 e. The Labute approximate surface area is 280 Å². The lowest BCUT2D eigenvalue weighted by atomic mass is 9.32. The van der Waals surface area contributed by atoms with E-state index in [0.717, 1.165) is 49.0 Å². The van der Waals surface area contributed by atoms with Crippen molar-refractivity contribution in [1.29, 1.82) is 0 Å². The number of carbonyl (C=O) groups is 1. The first kappa shape index (κ1) is 34.1. The summed E-state index contributed by atoms with van der Waals surface area (Å²) in [6, 6.07) is 6.25. The predicted molar refractivity (Wildman–Crippen MR) is 187 cm³/mol. The van der Waals surface area contributed by atoms with Gasteiger partial charge in [0.2, 0.25) is 0 Å². The SMILES string of the molecule is C=C(C)C1CC[C@]2(COC(=O)COc3cc(C)ccc3C(C)C)CC[C@]3(C)C(CCC4[C@@]5(C)CC[C@H](O)C(C)(C)C5CC[C@]43C)C12. The Morgan fingerprint density at radius 2 is 1.67 bits per heavy atom. The minimum Gasteiger partial charge on any atom is -0.482 e. The molecule has 5 fully saturated rings. The molecule has 1 aromatic carbocycles. The summed E-state index contributed by atoms with van der Waals surface area (Å²) in [4.78, 5) is 13.3. The number of aryl methyl sites for hydroxylation is 1. The molecule has 5 aliphatic rings. The molecular formula is C42H64O4. The lowest BCUT2D eigenvalue weighted by Crippen LogP contribution is -2.66. The van der Waals surface area contributed by atoms with Crippen molar-refractivity contribution in [2.24, 2.45) is 56.7 Å². The maximum atomic E-state index is 13.3. The number of rotatable bonds is 7. The number of aliphatic hydroxyl groups is 1. The van der Waals surface area contributed by atoms with Gasteiger partial charge in [0.1, 0.15) is 5.75 Å². The third-order valence-electron chi connectivity index (χ3n) is 15.9. The molecule has 0 saturated heterocycles. The molecule has 1 aromatic rings. The molecular weight excluding hydrogens is 568 g/mol. The summed E-state index contributed by atoms with van der Waals surface area (Å²) in [5, 5.41) is 11.1. The van der Waals surface area contributed by atoms with E-state index in [4.69, 9.17) is 9.47 Å². The van der Waals surface area contributed by atoms with Gasteiger partial charge in [0.05, 0.1) is 12.7 Å². The van der Waals surface area contributed by atoms with E-state index in [9.17, 15) is 9.90 Å². The van der Waals surface area contributed by atoms with Crippen molar-refractivity contribution in [1.82, 2.24) is 0 Å². The quantitative estimate of drug-likeness (QED) is 0.240. The molecule has 1 N–H and O–H groups in total. The van der Waals surface area contributed by atoms with E-state index in [1.807, 2.05) is 6.07 Å². The number of carbonyl (C=O) groups excluding carboxylic acids is 1. The molecule has 0 heterocycles. The van der Waals surface area contributed by atoms with Gasteiger partial charge in [-0.1, -0.05) is 72.8 Å². The van der Waals surface area contributed by atoms with E-state index >= 15 is 0 Å². The third kappa shape index (κ3) is 5.04. The Morgan fingerprint density at radius 1 is 0.935 bits per heavy atom. The van der Waals surface area contributed by atoms with Crippen LogP contribution in [-0.4, -0.2) is 30.4 Å². The first-order chi connectivity index (χ1) is 21.5. The van der Waals surface area contributed by atoms with E-state index < -0.39 is 0 Å². The van der Waals surface area contributed by atoms with Gasteiger partial charge in [-0.2, -0.15) is 0 Å². The third-order valence-corrected chi connectivity index (χ3v) is 15.9. The van der Waals surface area contributed by atoms with Gasteiger partial charge in [0, 0.05) is 5.41 Å². The fourth-order valence-electron chi connectivity index (χ4n) is 13.2. The molecule has 46 heavy (non-hydrogen) atoms. The van der Waals surface area contributed by atoms with Crippen molar-refractivity contribution in [3.8, 4) is 5.75 Å². The lowest BCUT2D eigenvalue weighted by Gasteiger charge is -2.73. The average Bonchev–Trinajstić information content (AvgIpc) is 3.38. The van der Waals surface area contributed by atoms with Crippen LogP contribution in [0.4, 0.5) is 0 Å². The summed E-state index contributed by atoms with van der Waals surface area (Å²) >= 11 is 0. The molecule has 5 aliphatic carbocycles. The highest BCUT2D eigenvalue weighted by molar-refractivity contribution is 5.71. The molecule has 256 valence electrons. The van der Waals surface area contributed by atoms with Gasteiger partial charge < -0.3 is 14.6 Å². The van der Waals surface area contributed by atoms with Crippen molar-refractivity contribution in [3.63, 3.8) is 0 Å². The van der Waals surface area contributed by atoms with Crippen LogP contribution >= 0.6 is 0 Å². The van der Waals surface area contributed by atoms with E-state index in [-0.39, 0.29) is 45.8 Å². The van der Waals surface area contributed by atoms with E-state index in [0.29, 0.717) is 42.1 Å². The van der Waals surface area contributed by atoms with Crippen molar-refractivity contribution in [2.75, 3.05) is 13.2 Å². The molecule has 5 unspecified atom stereocenters. The lowest BCUT2D eigenvalue weighted by molar-refractivity contribution is -0.250. The van der Waals surface area contributed by atoms with E-state index in [2.05, 4.69) is 81.0 Å². The number of hydrogen-bond donors (Lipinski definition) is 1. The second-order valence-corrected chi connectivity index (χ2v) is 18.6. The number of benzene rings is 1. The van der Waals surface area contributed by atoms with Crippen LogP contribution in [0.15, 0.2) is 30.4 Å². The predicted octanol–water partition coefficient (Wildman–Crippen LogP) is 10.1. The van der Waals surface area contributed by atoms with Crippen LogP contribution in [0, 0.1) is 63.6 Å². The van der Waals surface area contributed by atoms with Crippen molar-refractivity contribution in [2.45, 2.75) is 139 Å². The summed E-state index contributed by atoms with van der Waals surface area (Å²) in [6.07, 6.45) is 11.6. The van der Waals surface area contributed by atoms with Gasteiger partial charge in [-0.15, -0.1) is 0 Å². The molecule has 0 aliphatic heterocycles. The molecule has 4 heteroatoms. The molecule has 10 atom stereocenters. The Kier molecular flexibility index (Phi) is 8.64. The highest BCUT2D eigenvalue weighted by Gasteiger charge is 2.71. The fourth-order valence-corrected chi connectivity index (χ4v) is 13.2. The monoisotopic (exact) mass is 632 g/mol. The minimum atomic E-state index is -0.250. The smallest absolute Gasteiger partial charge is 0.344 e. The number of ether oxygens (including phenoxy) is 2. The summed E-state index contributed by atoms with van der Waals surface area (Å²) in [6.45, 7) is 26.3. The summed E-state index contributed by atoms with van der Waals surface area (Å²) < 4.78 is 12.3. The summed E-state index contributed by atoms with van der Waals surface area (Å²) in [5.41, 5.74) is 4.39. The Morgan fingerprint density at radius 3 is 2.37 bits per heavy atom. The van der Waals surface area contributed by atoms with Crippen molar-refractivity contribution < 1.29 is 19.4 Å². The molecule has 4 nitrogen and oxygen atoms in total. The second-order valence-electron chi connectivity index (χ2n) is 18.6. The van der Waals surface area contributed by atoms with Gasteiger partial charge in [-0.25, -0.2) is 4.79 Å². The van der Waals surface area contributed by atoms with Crippen LogP contribution in [-0.2, 0) is 9.53 Å². The van der Waals surface area contributed by atoms with Gasteiger partial charge in [-0.05, 0) is 152 Å². The molecule has 0 radical (unpaired) electrons. The number of hydrogen-bond acceptors (Lipinski definition) is 4. The van der Waals surface area contributed by atoms with Crippen LogP contribution in [0.25, 0.3) is 0 Å². The summed E-state index contributed by atoms with van der Waals surface area (Å²) in [5.74, 6) is 3.76. The average molecular weight is 633 g/mol. The van der Waals surface area contributed by atoms with Gasteiger partial charge in [0.25, 0.3) is 0 Å². The minimum absolute atomic E-state index is 0.0202. The van der Waals surface area contributed by atoms with Gasteiger partial charge in [-0.3, -0.25) is 0 Å². The first-order valence-corrected chi connectivity index (χ1v) is 18.7. The molecule has 0 spiro atoms. The topological polar surface area (TPSA) is 55.8 Å². The van der Waals surface area contributed by atoms with Crippen LogP contribution < -0.4 is 4.74 Å². The summed E-state index contributed by atoms with van der Waals surface area (Å²) in [7, 11) is 0. The van der Waals surface area contributed by atoms with E-state index in [1.54, 1.807) is 0 Å². The van der Waals surface area contributed by atoms with Crippen molar-refractivity contribution in [3.05, 3.63) is 41.5 Å².